The molecule has 144 valence electrons. The van der Waals surface area contributed by atoms with E-state index in [1.165, 1.54) is 12.8 Å². The Morgan fingerprint density at radius 3 is 2.59 bits per heavy atom. The summed E-state index contributed by atoms with van der Waals surface area (Å²) < 4.78 is 0. The number of nitrogens with zero attached hydrogens (tertiary/aromatic N) is 1. The molecular formula is C19H25N5O3. The molecule has 4 rings (SSSR count). The number of primary amides is 1. The molecule has 0 spiro atoms. The molecule has 4 unspecified atom stereocenters. The van der Waals surface area contributed by atoms with Gasteiger partial charge in [0.25, 0.3) is 0 Å². The lowest BCUT2D eigenvalue weighted by atomic mass is 9.84. The molecule has 0 radical (unpaired) electrons. The summed E-state index contributed by atoms with van der Waals surface area (Å²) in [6.45, 7) is 0.423. The molecule has 1 aromatic carbocycles. The van der Waals surface area contributed by atoms with Crippen LogP contribution in [0.1, 0.15) is 42.5 Å². The van der Waals surface area contributed by atoms with E-state index in [1.54, 1.807) is 24.3 Å². The van der Waals surface area contributed by atoms with Gasteiger partial charge in [-0.3, -0.25) is 19.8 Å². The fourth-order valence-corrected chi connectivity index (χ4v) is 4.46. The average molecular weight is 371 g/mol. The topological polar surface area (TPSA) is 117 Å². The second-order valence-corrected chi connectivity index (χ2v) is 7.67. The van der Waals surface area contributed by atoms with E-state index in [1.807, 2.05) is 4.90 Å². The molecule has 3 aliphatic rings. The molecule has 2 saturated heterocycles. The first-order chi connectivity index (χ1) is 13.0. The molecule has 8 heteroatoms. The van der Waals surface area contributed by atoms with Gasteiger partial charge in [0.2, 0.25) is 17.7 Å². The van der Waals surface area contributed by atoms with Gasteiger partial charge >= 0.3 is 0 Å². The van der Waals surface area contributed by atoms with Crippen LogP contribution in [0.25, 0.3) is 0 Å². The first kappa shape index (κ1) is 17.9. The number of hydrogen-bond donors (Lipinski definition) is 4. The third kappa shape index (κ3) is 3.54. The van der Waals surface area contributed by atoms with Crippen molar-refractivity contribution >= 4 is 23.4 Å². The van der Waals surface area contributed by atoms with Gasteiger partial charge in [-0.15, -0.1) is 0 Å². The molecular weight excluding hydrogens is 346 g/mol. The number of nitrogens with two attached hydrogens (primary N) is 1. The minimum absolute atomic E-state index is 0.0183. The molecule has 3 fully saturated rings. The Morgan fingerprint density at radius 2 is 1.85 bits per heavy atom. The van der Waals surface area contributed by atoms with Crippen molar-refractivity contribution in [1.29, 1.82) is 0 Å². The maximum Gasteiger partial charge on any atom is 0.248 e. The van der Waals surface area contributed by atoms with Crippen molar-refractivity contribution in [2.24, 2.45) is 17.6 Å². The zero-order chi connectivity index (χ0) is 19.0. The molecule has 8 nitrogen and oxygen atoms in total. The van der Waals surface area contributed by atoms with Gasteiger partial charge in [0.05, 0.1) is 12.1 Å². The second-order valence-electron chi connectivity index (χ2n) is 7.67. The third-order valence-electron chi connectivity index (χ3n) is 5.94. The number of likely N-dealkylation sites (tertiary alicyclic amines) is 1. The van der Waals surface area contributed by atoms with E-state index in [0.29, 0.717) is 29.8 Å². The van der Waals surface area contributed by atoms with Crippen LogP contribution in [-0.2, 0) is 9.59 Å². The largest absolute Gasteiger partial charge is 0.366 e. The number of fused-ring (bicyclic) bond motifs is 1. The molecule has 0 bridgehead atoms. The van der Waals surface area contributed by atoms with Crippen LogP contribution in [0.2, 0.25) is 0 Å². The highest BCUT2D eigenvalue weighted by atomic mass is 16.2. The SMILES string of the molecule is NC(=O)c1ccc(NC(=O)C2CC(=O)N(C3NNC4CCCCC43)C2)cc1. The van der Waals surface area contributed by atoms with E-state index < -0.39 is 5.91 Å². The van der Waals surface area contributed by atoms with Crippen molar-refractivity contribution in [3.05, 3.63) is 29.8 Å². The first-order valence-electron chi connectivity index (χ1n) is 9.54. The monoisotopic (exact) mass is 371 g/mol. The van der Waals surface area contributed by atoms with Crippen molar-refractivity contribution in [3.8, 4) is 0 Å². The van der Waals surface area contributed by atoms with Crippen LogP contribution in [0.3, 0.4) is 0 Å². The maximum absolute atomic E-state index is 12.6. The average Bonchev–Trinajstić information content (AvgIpc) is 3.25. The number of hydrogen-bond acceptors (Lipinski definition) is 5. The van der Waals surface area contributed by atoms with Crippen LogP contribution in [0.5, 0.6) is 0 Å². The van der Waals surface area contributed by atoms with Crippen LogP contribution in [0, 0.1) is 11.8 Å². The second kappa shape index (κ2) is 7.28. The fraction of sp³-hybridized carbons (Fsp3) is 0.526. The normalized spacial score (nSPS) is 30.2. The predicted molar refractivity (Wildman–Crippen MR) is 99.2 cm³/mol. The number of benzene rings is 1. The maximum atomic E-state index is 12.6. The van der Waals surface area contributed by atoms with E-state index >= 15 is 0 Å². The molecule has 5 N–H and O–H groups in total. The van der Waals surface area contributed by atoms with Crippen LogP contribution >= 0.6 is 0 Å². The quantitative estimate of drug-likeness (QED) is 0.617. The van der Waals surface area contributed by atoms with Gasteiger partial charge in [-0.25, -0.2) is 5.43 Å². The van der Waals surface area contributed by atoms with E-state index in [2.05, 4.69) is 16.2 Å². The Hall–Kier alpha value is -2.45. The summed E-state index contributed by atoms with van der Waals surface area (Å²) in [5.74, 6) is -0.638. The standard InChI is InChI=1S/C19H25N5O3/c20-17(26)11-5-7-13(8-6-11)21-19(27)12-9-16(25)24(10-12)18-14-3-1-2-4-15(14)22-23-18/h5-8,12,14-15,18,22-23H,1-4,9-10H2,(H2,20,26)(H,21,27). The summed E-state index contributed by atoms with van der Waals surface area (Å²) in [7, 11) is 0. The van der Waals surface area contributed by atoms with E-state index in [4.69, 9.17) is 5.73 Å². The Kier molecular flexibility index (Phi) is 4.84. The number of anilines is 1. The van der Waals surface area contributed by atoms with E-state index in [-0.39, 0.29) is 30.3 Å². The molecule has 4 atom stereocenters. The fourth-order valence-electron chi connectivity index (χ4n) is 4.46. The van der Waals surface area contributed by atoms with Crippen molar-refractivity contribution in [1.82, 2.24) is 15.8 Å². The minimum Gasteiger partial charge on any atom is -0.366 e. The predicted octanol–water partition coefficient (Wildman–Crippen LogP) is 0.565. The molecule has 1 aliphatic carbocycles. The minimum atomic E-state index is -0.511. The van der Waals surface area contributed by atoms with Gasteiger partial charge in [-0.1, -0.05) is 12.8 Å². The zero-order valence-corrected chi connectivity index (χ0v) is 15.1. The molecule has 3 amide bonds. The summed E-state index contributed by atoms with van der Waals surface area (Å²) in [5, 5.41) is 2.83. The van der Waals surface area contributed by atoms with Gasteiger partial charge in [0.1, 0.15) is 0 Å². The molecule has 0 aromatic heterocycles. The summed E-state index contributed by atoms with van der Waals surface area (Å²) in [6.07, 6.45) is 4.82. The van der Waals surface area contributed by atoms with Crippen LogP contribution in [0.4, 0.5) is 5.69 Å². The summed E-state index contributed by atoms with van der Waals surface area (Å²) >= 11 is 0. The molecule has 27 heavy (non-hydrogen) atoms. The Labute approximate surface area is 157 Å². The van der Waals surface area contributed by atoms with Gasteiger partial charge in [-0.2, -0.15) is 0 Å². The third-order valence-corrected chi connectivity index (χ3v) is 5.94. The van der Waals surface area contributed by atoms with Crippen molar-refractivity contribution in [3.63, 3.8) is 0 Å². The Balaban J connectivity index is 1.38. The van der Waals surface area contributed by atoms with Crippen molar-refractivity contribution in [2.45, 2.75) is 44.3 Å². The number of amides is 3. The number of carbonyl (C=O) groups excluding carboxylic acids is 3. The molecule has 1 aromatic rings. The van der Waals surface area contributed by atoms with Gasteiger partial charge in [0.15, 0.2) is 0 Å². The lowest BCUT2D eigenvalue weighted by Gasteiger charge is -2.32. The molecule has 2 heterocycles. The van der Waals surface area contributed by atoms with Crippen LogP contribution in [-0.4, -0.2) is 41.4 Å². The van der Waals surface area contributed by atoms with Gasteiger partial charge in [0, 0.05) is 36.2 Å². The first-order valence-corrected chi connectivity index (χ1v) is 9.54. The van der Waals surface area contributed by atoms with Crippen LogP contribution in [0.15, 0.2) is 24.3 Å². The molecule has 2 aliphatic heterocycles. The number of nitrogens with one attached hydrogen (secondary N) is 3. The number of carbonyl (C=O) groups is 3. The van der Waals surface area contributed by atoms with Crippen LogP contribution < -0.4 is 21.9 Å². The lowest BCUT2D eigenvalue weighted by molar-refractivity contribution is -0.131. The van der Waals surface area contributed by atoms with E-state index in [0.717, 1.165) is 12.8 Å². The Morgan fingerprint density at radius 1 is 1.11 bits per heavy atom. The lowest BCUT2D eigenvalue weighted by Crippen LogP contribution is -2.48. The number of hydrazine groups is 1. The zero-order valence-electron chi connectivity index (χ0n) is 15.1. The number of rotatable bonds is 4. The van der Waals surface area contributed by atoms with Crippen molar-refractivity contribution < 1.29 is 14.4 Å². The van der Waals surface area contributed by atoms with Gasteiger partial charge < -0.3 is 16.0 Å². The smallest absolute Gasteiger partial charge is 0.248 e. The summed E-state index contributed by atoms with van der Waals surface area (Å²) in [6, 6.07) is 6.83. The van der Waals surface area contributed by atoms with Crippen molar-refractivity contribution in [2.75, 3.05) is 11.9 Å². The van der Waals surface area contributed by atoms with Gasteiger partial charge in [-0.05, 0) is 37.1 Å². The van der Waals surface area contributed by atoms with E-state index in [9.17, 15) is 14.4 Å². The summed E-state index contributed by atoms with van der Waals surface area (Å²) in [4.78, 5) is 38.1. The Bertz CT molecular complexity index is 750. The molecule has 1 saturated carbocycles. The highest BCUT2D eigenvalue weighted by Crippen LogP contribution is 2.34. The highest BCUT2D eigenvalue weighted by molar-refractivity contribution is 5.98. The highest BCUT2D eigenvalue weighted by Gasteiger charge is 2.46. The summed E-state index contributed by atoms with van der Waals surface area (Å²) in [5.41, 5.74) is 12.8.